The van der Waals surface area contributed by atoms with E-state index in [2.05, 4.69) is 13.8 Å². The highest BCUT2D eigenvalue weighted by atomic mass is 16.3. The lowest BCUT2D eigenvalue weighted by atomic mass is 10.2. The molecule has 0 radical (unpaired) electrons. The van der Waals surface area contributed by atoms with Gasteiger partial charge in [0.2, 0.25) is 0 Å². The van der Waals surface area contributed by atoms with E-state index in [1.807, 2.05) is 22.9 Å². The summed E-state index contributed by atoms with van der Waals surface area (Å²) in [4.78, 5) is 14.2. The summed E-state index contributed by atoms with van der Waals surface area (Å²) in [7, 11) is 0. The van der Waals surface area contributed by atoms with E-state index in [1.54, 1.807) is 4.90 Å². The molecule has 1 N–H and O–H groups in total. The van der Waals surface area contributed by atoms with Crippen molar-refractivity contribution in [2.24, 2.45) is 0 Å². The van der Waals surface area contributed by atoms with Gasteiger partial charge in [-0.05, 0) is 38.8 Å². The molecular formula is C13H20N2O2. The van der Waals surface area contributed by atoms with Crippen molar-refractivity contribution in [1.82, 2.24) is 9.47 Å². The Kier molecular flexibility index (Phi) is 3.52. The smallest absolute Gasteiger partial charge is 0.270 e. The Morgan fingerprint density at radius 1 is 1.59 bits per heavy atom. The molecule has 0 saturated carbocycles. The number of hydrogen-bond acceptors (Lipinski definition) is 2. The molecule has 0 aliphatic carbocycles. The van der Waals surface area contributed by atoms with Crippen LogP contribution in [0.1, 0.15) is 43.2 Å². The topological polar surface area (TPSA) is 45.5 Å². The van der Waals surface area contributed by atoms with E-state index in [1.165, 1.54) is 0 Å². The summed E-state index contributed by atoms with van der Waals surface area (Å²) >= 11 is 0. The van der Waals surface area contributed by atoms with Crippen LogP contribution in [0.15, 0.2) is 18.3 Å². The zero-order valence-electron chi connectivity index (χ0n) is 10.5. The van der Waals surface area contributed by atoms with Gasteiger partial charge < -0.3 is 14.6 Å². The monoisotopic (exact) mass is 236 g/mol. The number of carbonyl (C=O) groups excluding carboxylic acids is 1. The zero-order valence-corrected chi connectivity index (χ0v) is 10.5. The summed E-state index contributed by atoms with van der Waals surface area (Å²) in [5.74, 6) is 0.0419. The second-order valence-electron chi connectivity index (χ2n) is 4.87. The molecule has 4 nitrogen and oxygen atoms in total. The summed E-state index contributed by atoms with van der Waals surface area (Å²) in [5.41, 5.74) is 0.723. The van der Waals surface area contributed by atoms with Gasteiger partial charge in [-0.25, -0.2) is 0 Å². The average Bonchev–Trinajstić information content (AvgIpc) is 2.96. The van der Waals surface area contributed by atoms with Crippen LogP contribution in [0.2, 0.25) is 0 Å². The van der Waals surface area contributed by atoms with Gasteiger partial charge in [0.05, 0.1) is 12.6 Å². The van der Waals surface area contributed by atoms with Crippen LogP contribution in [0.25, 0.3) is 0 Å². The number of likely N-dealkylation sites (tertiary alicyclic amines) is 1. The van der Waals surface area contributed by atoms with Gasteiger partial charge in [-0.1, -0.05) is 0 Å². The number of hydrogen-bond donors (Lipinski definition) is 1. The van der Waals surface area contributed by atoms with Crippen molar-refractivity contribution >= 4 is 5.91 Å². The van der Waals surface area contributed by atoms with E-state index in [4.69, 9.17) is 0 Å². The molecule has 0 aromatic carbocycles. The van der Waals surface area contributed by atoms with Crippen LogP contribution in [0.4, 0.5) is 0 Å². The van der Waals surface area contributed by atoms with Crippen LogP contribution in [0, 0.1) is 0 Å². The van der Waals surface area contributed by atoms with E-state index < -0.39 is 0 Å². The predicted octanol–water partition coefficient (Wildman–Crippen LogP) is 1.67. The van der Waals surface area contributed by atoms with Crippen LogP contribution in [-0.4, -0.2) is 39.7 Å². The fourth-order valence-electron chi connectivity index (χ4n) is 2.47. The number of rotatable bonds is 3. The number of amides is 1. The fourth-order valence-corrected chi connectivity index (χ4v) is 2.47. The van der Waals surface area contributed by atoms with E-state index in [9.17, 15) is 9.90 Å². The minimum atomic E-state index is -0.00184. The van der Waals surface area contributed by atoms with Gasteiger partial charge in [0.25, 0.3) is 5.91 Å². The van der Waals surface area contributed by atoms with Crippen LogP contribution >= 0.6 is 0 Å². The second kappa shape index (κ2) is 4.92. The Hall–Kier alpha value is -1.29. The SMILES string of the molecule is CC(C)n1cccc1C(=O)N1CCC[C@@H]1CO. The third kappa shape index (κ3) is 2.22. The largest absolute Gasteiger partial charge is 0.394 e. The van der Waals surface area contributed by atoms with E-state index in [0.29, 0.717) is 0 Å². The molecule has 1 saturated heterocycles. The molecule has 1 fully saturated rings. The third-order valence-corrected chi connectivity index (χ3v) is 3.40. The summed E-state index contributed by atoms with van der Waals surface area (Å²) in [5, 5.41) is 9.26. The Morgan fingerprint density at radius 2 is 2.35 bits per heavy atom. The lowest BCUT2D eigenvalue weighted by Crippen LogP contribution is -2.38. The van der Waals surface area contributed by atoms with E-state index in [0.717, 1.165) is 25.1 Å². The van der Waals surface area contributed by atoms with Gasteiger partial charge in [0.1, 0.15) is 5.69 Å². The van der Waals surface area contributed by atoms with Crippen molar-refractivity contribution in [3.63, 3.8) is 0 Å². The molecule has 0 bridgehead atoms. The molecule has 1 aromatic rings. The number of carbonyl (C=O) groups is 1. The van der Waals surface area contributed by atoms with Crippen molar-refractivity contribution < 1.29 is 9.90 Å². The van der Waals surface area contributed by atoms with Crippen molar-refractivity contribution in [3.05, 3.63) is 24.0 Å². The summed E-state index contributed by atoms with van der Waals surface area (Å²) in [6, 6.07) is 4.03. The molecule has 1 aliphatic heterocycles. The lowest BCUT2D eigenvalue weighted by molar-refractivity contribution is 0.0665. The molecule has 1 aromatic heterocycles. The fraction of sp³-hybridized carbons (Fsp3) is 0.615. The van der Waals surface area contributed by atoms with Crippen LogP contribution < -0.4 is 0 Å². The molecule has 2 heterocycles. The van der Waals surface area contributed by atoms with Gasteiger partial charge in [-0.15, -0.1) is 0 Å². The minimum Gasteiger partial charge on any atom is -0.394 e. The summed E-state index contributed by atoms with van der Waals surface area (Å²) < 4.78 is 1.98. The number of aliphatic hydroxyl groups excluding tert-OH is 1. The first-order chi connectivity index (χ1) is 8.15. The van der Waals surface area contributed by atoms with E-state index in [-0.39, 0.29) is 24.6 Å². The number of nitrogens with zero attached hydrogens (tertiary/aromatic N) is 2. The first kappa shape index (κ1) is 12.2. The average molecular weight is 236 g/mol. The lowest BCUT2D eigenvalue weighted by Gasteiger charge is -2.24. The first-order valence-electron chi connectivity index (χ1n) is 6.23. The maximum absolute atomic E-state index is 12.4. The van der Waals surface area contributed by atoms with Gasteiger partial charge >= 0.3 is 0 Å². The Morgan fingerprint density at radius 3 is 3.00 bits per heavy atom. The number of aromatic nitrogens is 1. The Bertz CT molecular complexity index is 398. The minimum absolute atomic E-state index is 0.00184. The molecule has 0 unspecified atom stereocenters. The molecular weight excluding hydrogens is 216 g/mol. The standard InChI is InChI=1S/C13H20N2O2/c1-10(2)14-7-4-6-12(14)13(17)15-8-3-5-11(15)9-16/h4,6-7,10-11,16H,3,5,8-9H2,1-2H3/t11-/m1/s1. The molecule has 1 aliphatic rings. The van der Waals surface area contributed by atoms with E-state index >= 15 is 0 Å². The highest BCUT2D eigenvalue weighted by Crippen LogP contribution is 2.21. The molecule has 94 valence electrons. The molecule has 2 rings (SSSR count). The van der Waals surface area contributed by atoms with Gasteiger partial charge in [0.15, 0.2) is 0 Å². The van der Waals surface area contributed by atoms with Crippen LogP contribution in [0.3, 0.4) is 0 Å². The maximum atomic E-state index is 12.4. The normalized spacial score (nSPS) is 20.2. The predicted molar refractivity (Wildman–Crippen MR) is 66.0 cm³/mol. The third-order valence-electron chi connectivity index (χ3n) is 3.40. The van der Waals surface area contributed by atoms with Crippen LogP contribution in [0.5, 0.6) is 0 Å². The molecule has 17 heavy (non-hydrogen) atoms. The maximum Gasteiger partial charge on any atom is 0.270 e. The molecule has 1 atom stereocenters. The second-order valence-corrected chi connectivity index (χ2v) is 4.87. The van der Waals surface area contributed by atoms with Crippen molar-refractivity contribution in [2.75, 3.05) is 13.2 Å². The molecule has 0 spiro atoms. The molecule has 1 amide bonds. The highest BCUT2D eigenvalue weighted by molar-refractivity contribution is 5.93. The van der Waals surface area contributed by atoms with Gasteiger partial charge in [0, 0.05) is 18.8 Å². The van der Waals surface area contributed by atoms with Gasteiger partial charge in [-0.2, -0.15) is 0 Å². The summed E-state index contributed by atoms with van der Waals surface area (Å²) in [6.45, 7) is 4.94. The number of aliphatic hydroxyl groups is 1. The Balaban J connectivity index is 2.22. The summed E-state index contributed by atoms with van der Waals surface area (Å²) in [6.07, 6.45) is 3.83. The first-order valence-corrected chi connectivity index (χ1v) is 6.23. The van der Waals surface area contributed by atoms with Crippen LogP contribution in [-0.2, 0) is 0 Å². The molecule has 4 heteroatoms. The zero-order chi connectivity index (χ0) is 12.4. The van der Waals surface area contributed by atoms with Crippen molar-refractivity contribution in [2.45, 2.75) is 38.8 Å². The Labute approximate surface area is 102 Å². The quantitative estimate of drug-likeness (QED) is 0.867. The van der Waals surface area contributed by atoms with Gasteiger partial charge in [-0.3, -0.25) is 4.79 Å². The highest BCUT2D eigenvalue weighted by Gasteiger charge is 2.30. The van der Waals surface area contributed by atoms with Crippen molar-refractivity contribution in [1.29, 1.82) is 0 Å². The van der Waals surface area contributed by atoms with Crippen molar-refractivity contribution in [3.8, 4) is 0 Å².